The molecular weight excluding hydrogens is 318 g/mol. The topological polar surface area (TPSA) is 71.7 Å². The lowest BCUT2D eigenvalue weighted by Crippen LogP contribution is -2.14. The first-order valence-electron chi connectivity index (χ1n) is 7.87. The summed E-state index contributed by atoms with van der Waals surface area (Å²) < 4.78 is 10.9. The summed E-state index contributed by atoms with van der Waals surface area (Å²) in [6.07, 6.45) is 0. The first-order chi connectivity index (χ1) is 12.1. The first kappa shape index (κ1) is 16.8. The van der Waals surface area contributed by atoms with Crippen LogP contribution in [-0.4, -0.2) is 18.1 Å². The Labute approximate surface area is 145 Å². The van der Waals surface area contributed by atoms with E-state index in [9.17, 15) is 4.79 Å². The molecule has 0 fully saturated rings. The van der Waals surface area contributed by atoms with Crippen LogP contribution in [0.2, 0.25) is 0 Å². The summed E-state index contributed by atoms with van der Waals surface area (Å²) in [5.74, 6) is 1.44. The molecule has 1 heterocycles. The number of carbonyl (C=O) groups excluding carboxylic acids is 1. The van der Waals surface area contributed by atoms with Gasteiger partial charge >= 0.3 is 0 Å². The maximum absolute atomic E-state index is 12.6. The Morgan fingerprint density at radius 1 is 1.16 bits per heavy atom. The fourth-order valence-electron chi connectivity index (χ4n) is 2.59. The largest absolute Gasteiger partial charge is 0.495 e. The molecule has 0 aliphatic heterocycles. The minimum Gasteiger partial charge on any atom is -0.495 e. The van der Waals surface area contributed by atoms with Gasteiger partial charge in [-0.3, -0.25) is 4.79 Å². The van der Waals surface area contributed by atoms with E-state index in [1.165, 1.54) is 0 Å². The van der Waals surface area contributed by atoms with Gasteiger partial charge in [-0.1, -0.05) is 18.2 Å². The molecule has 5 nitrogen and oxygen atoms in total. The van der Waals surface area contributed by atoms with Crippen LogP contribution in [0, 0.1) is 6.92 Å². The number of anilines is 1. The van der Waals surface area contributed by atoms with Crippen molar-refractivity contribution < 1.29 is 19.1 Å². The zero-order valence-electron chi connectivity index (χ0n) is 14.1. The molecular formula is C20H19NO4. The van der Waals surface area contributed by atoms with Gasteiger partial charge in [0.15, 0.2) is 0 Å². The number of aryl methyl sites for hydroxylation is 1. The van der Waals surface area contributed by atoms with E-state index in [-0.39, 0.29) is 12.5 Å². The van der Waals surface area contributed by atoms with Crippen LogP contribution in [0.5, 0.6) is 5.75 Å². The number of hydrogen-bond donors (Lipinski definition) is 2. The predicted octanol–water partition coefficient (Wildman–Crippen LogP) is 4.01. The Kier molecular flexibility index (Phi) is 4.86. The molecule has 0 aliphatic carbocycles. The monoisotopic (exact) mass is 337 g/mol. The molecule has 1 amide bonds. The molecule has 0 radical (unpaired) electrons. The maximum Gasteiger partial charge on any atom is 0.256 e. The van der Waals surface area contributed by atoms with Crippen LogP contribution in [0.1, 0.15) is 21.7 Å². The summed E-state index contributed by atoms with van der Waals surface area (Å²) in [7, 11) is 1.55. The van der Waals surface area contributed by atoms with Crippen molar-refractivity contribution >= 4 is 11.6 Å². The Morgan fingerprint density at radius 3 is 2.64 bits per heavy atom. The molecule has 0 spiro atoms. The van der Waals surface area contributed by atoms with Gasteiger partial charge in [0.2, 0.25) is 0 Å². The summed E-state index contributed by atoms with van der Waals surface area (Å²) in [4.78, 5) is 12.6. The van der Waals surface area contributed by atoms with E-state index in [1.54, 1.807) is 37.4 Å². The lowest BCUT2D eigenvalue weighted by atomic mass is 10.1. The highest BCUT2D eigenvalue weighted by Crippen LogP contribution is 2.32. The lowest BCUT2D eigenvalue weighted by Gasteiger charge is -2.12. The van der Waals surface area contributed by atoms with Crippen LogP contribution in [0.3, 0.4) is 0 Å². The Bertz CT molecular complexity index is 898. The minimum atomic E-state index is -0.205. The number of hydrogen-bond acceptors (Lipinski definition) is 4. The maximum atomic E-state index is 12.6. The molecule has 1 aromatic heterocycles. The molecule has 2 aromatic carbocycles. The zero-order chi connectivity index (χ0) is 17.8. The van der Waals surface area contributed by atoms with E-state index in [1.807, 2.05) is 31.2 Å². The summed E-state index contributed by atoms with van der Waals surface area (Å²) in [5, 5.41) is 12.0. The number of furan rings is 1. The van der Waals surface area contributed by atoms with Crippen molar-refractivity contribution in [3.8, 4) is 17.1 Å². The second-order valence-electron chi connectivity index (χ2n) is 5.61. The van der Waals surface area contributed by atoms with E-state index in [2.05, 4.69) is 5.32 Å². The third-order valence-electron chi connectivity index (χ3n) is 3.94. The van der Waals surface area contributed by atoms with E-state index < -0.39 is 0 Å². The number of aliphatic hydroxyl groups excluding tert-OH is 1. The smallest absolute Gasteiger partial charge is 0.256 e. The van der Waals surface area contributed by atoms with Gasteiger partial charge in [-0.15, -0.1) is 0 Å². The van der Waals surface area contributed by atoms with Gasteiger partial charge in [-0.05, 0) is 48.9 Å². The number of ether oxygens (including phenoxy) is 1. The molecule has 3 rings (SSSR count). The predicted molar refractivity (Wildman–Crippen MR) is 95.8 cm³/mol. The quantitative estimate of drug-likeness (QED) is 0.738. The van der Waals surface area contributed by atoms with E-state index in [0.29, 0.717) is 28.5 Å². The van der Waals surface area contributed by atoms with Gasteiger partial charge in [-0.2, -0.15) is 0 Å². The third-order valence-corrected chi connectivity index (χ3v) is 3.94. The van der Waals surface area contributed by atoms with E-state index in [4.69, 9.17) is 14.3 Å². The number of methoxy groups -OCH3 is 1. The molecule has 0 saturated carbocycles. The minimum absolute atomic E-state index is 0.160. The van der Waals surface area contributed by atoms with Crippen molar-refractivity contribution in [2.75, 3.05) is 12.4 Å². The standard InChI is InChI=1S/C20H19NO4/c1-13-5-3-4-6-16(13)20(23)21-17-11-14(7-9-19(17)24-2)18-10-8-15(12-22)25-18/h3-11,22H,12H2,1-2H3,(H,21,23). The lowest BCUT2D eigenvalue weighted by molar-refractivity contribution is 0.102. The number of amides is 1. The number of rotatable bonds is 5. The van der Waals surface area contributed by atoms with Crippen molar-refractivity contribution in [3.05, 3.63) is 71.5 Å². The molecule has 3 aromatic rings. The molecule has 0 saturated heterocycles. The number of aliphatic hydroxyl groups is 1. The van der Waals surface area contributed by atoms with Gasteiger partial charge in [0.1, 0.15) is 23.9 Å². The van der Waals surface area contributed by atoms with Crippen molar-refractivity contribution in [3.63, 3.8) is 0 Å². The van der Waals surface area contributed by atoms with Gasteiger partial charge in [0.05, 0.1) is 12.8 Å². The molecule has 5 heteroatoms. The van der Waals surface area contributed by atoms with Crippen LogP contribution in [0.15, 0.2) is 59.0 Å². The Balaban J connectivity index is 1.93. The third kappa shape index (κ3) is 3.56. The van der Waals surface area contributed by atoms with Crippen molar-refractivity contribution in [2.45, 2.75) is 13.5 Å². The highest BCUT2D eigenvalue weighted by molar-refractivity contribution is 6.06. The van der Waals surface area contributed by atoms with Crippen LogP contribution in [0.25, 0.3) is 11.3 Å². The van der Waals surface area contributed by atoms with Crippen LogP contribution >= 0.6 is 0 Å². The Morgan fingerprint density at radius 2 is 1.96 bits per heavy atom. The molecule has 0 aliphatic rings. The summed E-state index contributed by atoms with van der Waals surface area (Å²) in [6, 6.07) is 16.3. The van der Waals surface area contributed by atoms with Crippen LogP contribution in [-0.2, 0) is 6.61 Å². The SMILES string of the molecule is COc1ccc(-c2ccc(CO)o2)cc1NC(=O)c1ccccc1C. The van der Waals surface area contributed by atoms with Crippen molar-refractivity contribution in [1.82, 2.24) is 0 Å². The molecule has 0 bridgehead atoms. The molecule has 0 atom stereocenters. The normalized spacial score (nSPS) is 10.5. The molecule has 128 valence electrons. The molecule has 0 unspecified atom stereocenters. The van der Waals surface area contributed by atoms with E-state index in [0.717, 1.165) is 11.1 Å². The number of carbonyl (C=O) groups is 1. The second kappa shape index (κ2) is 7.23. The number of benzene rings is 2. The van der Waals surface area contributed by atoms with Gasteiger partial charge in [-0.25, -0.2) is 0 Å². The summed E-state index contributed by atoms with van der Waals surface area (Å²) >= 11 is 0. The first-order valence-corrected chi connectivity index (χ1v) is 7.87. The van der Waals surface area contributed by atoms with E-state index >= 15 is 0 Å². The van der Waals surface area contributed by atoms with Gasteiger partial charge in [0, 0.05) is 11.1 Å². The van der Waals surface area contributed by atoms with Gasteiger partial charge in [0.25, 0.3) is 5.91 Å². The highest BCUT2D eigenvalue weighted by atomic mass is 16.5. The zero-order valence-corrected chi connectivity index (χ0v) is 14.1. The number of nitrogens with one attached hydrogen (secondary N) is 1. The average molecular weight is 337 g/mol. The summed E-state index contributed by atoms with van der Waals surface area (Å²) in [5.41, 5.74) is 2.83. The highest BCUT2D eigenvalue weighted by Gasteiger charge is 2.14. The van der Waals surface area contributed by atoms with Crippen molar-refractivity contribution in [2.24, 2.45) is 0 Å². The second-order valence-corrected chi connectivity index (χ2v) is 5.61. The summed E-state index contributed by atoms with van der Waals surface area (Å²) in [6.45, 7) is 1.73. The molecule has 2 N–H and O–H groups in total. The van der Waals surface area contributed by atoms with Gasteiger partial charge < -0.3 is 19.6 Å². The fraction of sp³-hybridized carbons (Fsp3) is 0.150. The van der Waals surface area contributed by atoms with Crippen LogP contribution < -0.4 is 10.1 Å². The fourth-order valence-corrected chi connectivity index (χ4v) is 2.59. The average Bonchev–Trinajstić information content (AvgIpc) is 3.11. The van der Waals surface area contributed by atoms with Crippen molar-refractivity contribution in [1.29, 1.82) is 0 Å². The van der Waals surface area contributed by atoms with Crippen LogP contribution in [0.4, 0.5) is 5.69 Å². The molecule has 25 heavy (non-hydrogen) atoms. The Hall–Kier alpha value is -3.05.